The van der Waals surface area contributed by atoms with Crippen LogP contribution in [0.15, 0.2) is 18.5 Å². The number of rotatable bonds is 22. The maximum absolute atomic E-state index is 13.1. The molecule has 3 rings (SSSR count). The van der Waals surface area contributed by atoms with Gasteiger partial charge in [-0.05, 0) is 37.8 Å². The molecular formula is C36H53N5O12. The van der Waals surface area contributed by atoms with Crippen molar-refractivity contribution in [2.24, 2.45) is 0 Å². The molecule has 3 heterocycles. The molecule has 1 aliphatic rings. The Labute approximate surface area is 309 Å². The van der Waals surface area contributed by atoms with Crippen LogP contribution >= 0.6 is 0 Å². The molecule has 0 aromatic carbocycles. The number of amides is 1. The molecule has 0 saturated carbocycles. The van der Waals surface area contributed by atoms with Gasteiger partial charge in [-0.1, -0.05) is 79.1 Å². The van der Waals surface area contributed by atoms with Crippen molar-refractivity contribution in [3.63, 3.8) is 0 Å². The summed E-state index contributed by atoms with van der Waals surface area (Å²) >= 11 is 0. The van der Waals surface area contributed by atoms with E-state index in [0.717, 1.165) is 57.7 Å². The largest absolute Gasteiger partial charge is 0.508 e. The highest BCUT2D eigenvalue weighted by atomic mass is 16.8. The molecule has 0 radical (unpaired) electrons. The molecule has 1 fully saturated rings. The normalized spacial score (nSPS) is 19.2. The number of ether oxygens (including phenoxy) is 8. The van der Waals surface area contributed by atoms with E-state index in [1.165, 1.54) is 16.6 Å². The van der Waals surface area contributed by atoms with E-state index < -0.39 is 55.1 Å². The Morgan fingerprint density at radius 1 is 0.774 bits per heavy atom. The number of nitriles is 1. The van der Waals surface area contributed by atoms with E-state index in [1.54, 1.807) is 0 Å². The molecule has 1 saturated heterocycles. The first-order valence-corrected chi connectivity index (χ1v) is 18.6. The Balaban J connectivity index is 2.01. The van der Waals surface area contributed by atoms with Gasteiger partial charge in [0.2, 0.25) is 5.60 Å². The Hall–Kier alpha value is -4.85. The van der Waals surface area contributed by atoms with Crippen LogP contribution < -0.4 is 5.32 Å². The van der Waals surface area contributed by atoms with Crippen LogP contribution in [0.5, 0.6) is 0 Å². The van der Waals surface area contributed by atoms with Crippen molar-refractivity contribution in [1.82, 2.24) is 14.6 Å². The molecular weight excluding hydrogens is 694 g/mol. The van der Waals surface area contributed by atoms with Crippen molar-refractivity contribution in [1.29, 1.82) is 5.26 Å². The van der Waals surface area contributed by atoms with E-state index >= 15 is 0 Å². The number of aromatic nitrogens is 3. The van der Waals surface area contributed by atoms with E-state index in [1.807, 2.05) is 27.7 Å². The number of anilines is 1. The lowest BCUT2D eigenvalue weighted by molar-refractivity contribution is -0.0798. The summed E-state index contributed by atoms with van der Waals surface area (Å²) in [5, 5.41) is 17.8. The fourth-order valence-corrected chi connectivity index (χ4v) is 5.53. The average molecular weight is 748 g/mol. The van der Waals surface area contributed by atoms with Crippen LogP contribution in [0.2, 0.25) is 0 Å². The lowest BCUT2D eigenvalue weighted by atomic mass is 9.92. The molecule has 1 N–H and O–H groups in total. The Bertz CT molecular complexity index is 1500. The lowest BCUT2D eigenvalue weighted by Crippen LogP contribution is -2.46. The van der Waals surface area contributed by atoms with Gasteiger partial charge in [0.05, 0.1) is 32.1 Å². The summed E-state index contributed by atoms with van der Waals surface area (Å²) in [5.41, 5.74) is -2.00. The molecule has 0 aliphatic carbocycles. The molecule has 17 nitrogen and oxygen atoms in total. The van der Waals surface area contributed by atoms with Gasteiger partial charge >= 0.3 is 24.6 Å². The summed E-state index contributed by atoms with van der Waals surface area (Å²) in [6.45, 7) is 7.88. The third kappa shape index (κ3) is 12.7. The highest BCUT2D eigenvalue weighted by Gasteiger charge is 2.63. The van der Waals surface area contributed by atoms with Crippen molar-refractivity contribution >= 4 is 35.9 Å². The smallest absolute Gasteiger partial charge is 0.449 e. The molecule has 0 bridgehead atoms. The Kier molecular flexibility index (Phi) is 18.4. The molecule has 17 heteroatoms. The summed E-state index contributed by atoms with van der Waals surface area (Å²) in [5.74, 6) is 0.0554. The van der Waals surface area contributed by atoms with E-state index in [0.29, 0.717) is 25.7 Å². The zero-order chi connectivity index (χ0) is 38.5. The van der Waals surface area contributed by atoms with Crippen LogP contribution in [-0.2, 0) is 43.5 Å². The Morgan fingerprint density at radius 2 is 1.32 bits per heavy atom. The Morgan fingerprint density at radius 3 is 1.89 bits per heavy atom. The van der Waals surface area contributed by atoms with Crippen molar-refractivity contribution in [2.45, 2.75) is 129 Å². The SMILES string of the molecule is CCCCCOC(=O)Nc1ncnn2c([C@]3(C#N)O[C@H](COC(=O)OCCCCC)[C@@H](OC(=O)OCCCCC)[C@H]3OC(=O)OCCCCC)ccc12. The van der Waals surface area contributed by atoms with Crippen molar-refractivity contribution in [3.05, 3.63) is 24.2 Å². The molecule has 1 aliphatic heterocycles. The maximum atomic E-state index is 13.1. The van der Waals surface area contributed by atoms with Gasteiger partial charge in [0.25, 0.3) is 0 Å². The number of nitrogens with one attached hydrogen (secondary N) is 1. The van der Waals surface area contributed by atoms with Crippen molar-refractivity contribution in [2.75, 3.05) is 38.4 Å². The fourth-order valence-electron chi connectivity index (χ4n) is 5.53. The van der Waals surface area contributed by atoms with Gasteiger partial charge in [0.1, 0.15) is 30.6 Å². The predicted octanol–water partition coefficient (Wildman–Crippen LogP) is 7.35. The van der Waals surface area contributed by atoms with E-state index in [2.05, 4.69) is 21.5 Å². The first-order chi connectivity index (χ1) is 25.7. The molecule has 53 heavy (non-hydrogen) atoms. The second-order valence-electron chi connectivity index (χ2n) is 12.4. The van der Waals surface area contributed by atoms with Crippen LogP contribution in [0.25, 0.3) is 5.52 Å². The summed E-state index contributed by atoms with van der Waals surface area (Å²) < 4.78 is 45.3. The minimum Gasteiger partial charge on any atom is -0.449 e. The second kappa shape index (κ2) is 22.9. The number of hydrogen-bond donors (Lipinski definition) is 1. The summed E-state index contributed by atoms with van der Waals surface area (Å²) in [6.07, 6.45) is 1.94. The zero-order valence-corrected chi connectivity index (χ0v) is 31.2. The number of hydrogen-bond acceptors (Lipinski definition) is 15. The predicted molar refractivity (Wildman–Crippen MR) is 188 cm³/mol. The monoisotopic (exact) mass is 747 g/mol. The number of fused-ring (bicyclic) bond motifs is 1. The highest BCUT2D eigenvalue weighted by molar-refractivity contribution is 5.88. The minimum atomic E-state index is -2.24. The van der Waals surface area contributed by atoms with Gasteiger partial charge < -0.3 is 37.9 Å². The minimum absolute atomic E-state index is 0.00935. The molecule has 4 atom stereocenters. The van der Waals surface area contributed by atoms with Crippen LogP contribution in [-0.4, -0.2) is 90.5 Å². The topological polar surface area (TPSA) is 208 Å². The number of nitrogens with zero attached hydrogens (tertiary/aromatic N) is 4. The lowest BCUT2D eigenvalue weighted by Gasteiger charge is -2.28. The fraction of sp³-hybridized carbons (Fsp3) is 0.694. The maximum Gasteiger partial charge on any atom is 0.508 e. The zero-order valence-electron chi connectivity index (χ0n) is 31.2. The second-order valence-corrected chi connectivity index (χ2v) is 12.4. The van der Waals surface area contributed by atoms with Gasteiger partial charge in [-0.3, -0.25) is 5.32 Å². The number of carbonyl (C=O) groups excluding carboxylic acids is 4. The van der Waals surface area contributed by atoms with Gasteiger partial charge in [0, 0.05) is 0 Å². The quantitative estimate of drug-likeness (QED) is 0.0709. The van der Waals surface area contributed by atoms with E-state index in [9.17, 15) is 24.4 Å². The molecule has 0 unspecified atom stereocenters. The average Bonchev–Trinajstić information content (AvgIpc) is 3.71. The van der Waals surface area contributed by atoms with E-state index in [-0.39, 0.29) is 43.5 Å². The number of unbranched alkanes of at least 4 members (excludes halogenated alkanes) is 8. The summed E-state index contributed by atoms with van der Waals surface area (Å²) in [4.78, 5) is 55.4. The van der Waals surface area contributed by atoms with Gasteiger partial charge in [0.15, 0.2) is 18.0 Å². The molecule has 294 valence electrons. The van der Waals surface area contributed by atoms with Crippen LogP contribution in [0.1, 0.15) is 110 Å². The van der Waals surface area contributed by atoms with E-state index in [4.69, 9.17) is 37.9 Å². The summed E-state index contributed by atoms with van der Waals surface area (Å²) in [7, 11) is 0. The summed E-state index contributed by atoms with van der Waals surface area (Å²) in [6, 6.07) is 5.05. The highest BCUT2D eigenvalue weighted by Crippen LogP contribution is 2.44. The van der Waals surface area contributed by atoms with Gasteiger partial charge in [-0.25, -0.2) is 28.7 Å². The van der Waals surface area contributed by atoms with Gasteiger partial charge in [-0.15, -0.1) is 0 Å². The van der Waals surface area contributed by atoms with Crippen LogP contribution in [0.3, 0.4) is 0 Å². The third-order valence-corrected chi connectivity index (χ3v) is 8.33. The van der Waals surface area contributed by atoms with Crippen molar-refractivity contribution in [3.8, 4) is 6.07 Å². The third-order valence-electron chi connectivity index (χ3n) is 8.33. The first-order valence-electron chi connectivity index (χ1n) is 18.6. The number of carbonyl (C=O) groups is 4. The molecule has 0 spiro atoms. The standard InChI is InChI=1S/C36H53N5O12/c1-5-9-13-19-46-32(42)40-31-26-17-18-28(41(26)39-25-38-31)36(24-37)30(52-35(45)49-22-16-12-8-4)29(51-34(44)48-21-15-11-7-3)27(53-36)23-50-33(43)47-20-14-10-6-2/h17-18,25,27,29-30H,5-16,19-23H2,1-4H3,(H,38,39,40,42)/t27-,29-,30-,36+/m1/s1. The first kappa shape index (κ1) is 42.6. The molecule has 1 amide bonds. The van der Waals surface area contributed by atoms with Crippen LogP contribution in [0, 0.1) is 11.3 Å². The van der Waals surface area contributed by atoms with Crippen LogP contribution in [0.4, 0.5) is 25.0 Å². The van der Waals surface area contributed by atoms with Crippen molar-refractivity contribution < 1.29 is 57.1 Å². The van der Waals surface area contributed by atoms with Gasteiger partial charge in [-0.2, -0.15) is 10.4 Å². The molecule has 2 aromatic rings. The molecule has 2 aromatic heterocycles.